The molecule has 2 saturated heterocycles. The van der Waals surface area contributed by atoms with Crippen molar-refractivity contribution in [3.05, 3.63) is 65.7 Å². The molecule has 0 spiro atoms. The van der Waals surface area contributed by atoms with E-state index < -0.39 is 0 Å². The zero-order chi connectivity index (χ0) is 17.1. The topological polar surface area (TPSA) is 34.6 Å². The third-order valence-electron chi connectivity index (χ3n) is 5.07. The number of aromatic nitrogens is 1. The predicted molar refractivity (Wildman–Crippen MR) is 92.4 cm³/mol. The molecule has 2 aliphatic heterocycles. The fraction of sp³-hybridized carbons (Fsp3) is 0.450. The van der Waals surface area contributed by atoms with E-state index in [1.807, 2.05) is 30.5 Å². The molecule has 5 heteroatoms. The van der Waals surface area contributed by atoms with Crippen molar-refractivity contribution in [1.29, 1.82) is 0 Å². The molecule has 4 rings (SSSR count). The number of fused-ring (bicyclic) bond motifs is 1. The maximum atomic E-state index is 13.1. The molecule has 4 nitrogen and oxygen atoms in total. The number of ether oxygens (including phenoxy) is 2. The van der Waals surface area contributed by atoms with Crippen molar-refractivity contribution in [2.45, 2.75) is 44.2 Å². The van der Waals surface area contributed by atoms with Gasteiger partial charge in [0.2, 0.25) is 0 Å². The molecular weight excluding hydrogens is 319 g/mol. The summed E-state index contributed by atoms with van der Waals surface area (Å²) in [7, 11) is 0. The van der Waals surface area contributed by atoms with Gasteiger partial charge >= 0.3 is 0 Å². The minimum atomic E-state index is -0.193. The van der Waals surface area contributed by atoms with E-state index in [9.17, 15) is 4.39 Å². The Hall–Kier alpha value is -1.82. The quantitative estimate of drug-likeness (QED) is 0.836. The second-order valence-corrected chi connectivity index (χ2v) is 6.81. The number of hydrogen-bond acceptors (Lipinski definition) is 4. The molecule has 0 unspecified atom stereocenters. The van der Waals surface area contributed by atoms with Crippen molar-refractivity contribution in [2.75, 3.05) is 13.2 Å². The van der Waals surface area contributed by atoms with Gasteiger partial charge in [-0.25, -0.2) is 4.39 Å². The van der Waals surface area contributed by atoms with Crippen molar-refractivity contribution >= 4 is 0 Å². The van der Waals surface area contributed by atoms with Gasteiger partial charge in [0.15, 0.2) is 0 Å². The van der Waals surface area contributed by atoms with Gasteiger partial charge in [-0.15, -0.1) is 0 Å². The molecule has 0 saturated carbocycles. The Balaban J connectivity index is 1.43. The van der Waals surface area contributed by atoms with Gasteiger partial charge in [0.05, 0.1) is 12.7 Å². The van der Waals surface area contributed by atoms with E-state index in [0.29, 0.717) is 12.6 Å². The molecule has 0 amide bonds. The van der Waals surface area contributed by atoms with E-state index in [4.69, 9.17) is 9.47 Å². The highest BCUT2D eigenvalue weighted by Crippen LogP contribution is 2.32. The summed E-state index contributed by atoms with van der Waals surface area (Å²) in [5.74, 6) is -0.193. The Morgan fingerprint density at radius 3 is 2.88 bits per heavy atom. The monoisotopic (exact) mass is 342 g/mol. The fourth-order valence-electron chi connectivity index (χ4n) is 3.84. The molecule has 2 aliphatic rings. The van der Waals surface area contributed by atoms with Crippen LogP contribution >= 0.6 is 0 Å². The average Bonchev–Trinajstić information content (AvgIpc) is 3.01. The van der Waals surface area contributed by atoms with Gasteiger partial charge in [-0.1, -0.05) is 18.2 Å². The molecule has 1 aromatic heterocycles. The smallest absolute Gasteiger partial charge is 0.123 e. The Morgan fingerprint density at radius 2 is 2.08 bits per heavy atom. The number of halogens is 1. The summed E-state index contributed by atoms with van der Waals surface area (Å²) in [6.07, 6.45) is 5.99. The maximum absolute atomic E-state index is 13.1. The number of nitrogens with zero attached hydrogens (tertiary/aromatic N) is 2. The van der Waals surface area contributed by atoms with Crippen LogP contribution in [0.25, 0.3) is 0 Å². The largest absolute Gasteiger partial charge is 0.374 e. The lowest BCUT2D eigenvalue weighted by atomic mass is 10.0. The maximum Gasteiger partial charge on any atom is 0.123 e. The van der Waals surface area contributed by atoms with Gasteiger partial charge in [0.25, 0.3) is 0 Å². The van der Waals surface area contributed by atoms with Crippen LogP contribution in [-0.2, 0) is 22.6 Å². The van der Waals surface area contributed by atoms with Crippen LogP contribution in [0.15, 0.2) is 48.8 Å². The predicted octanol–water partition coefficient (Wildman–Crippen LogP) is 3.17. The van der Waals surface area contributed by atoms with E-state index in [1.54, 1.807) is 6.20 Å². The fourth-order valence-corrected chi connectivity index (χ4v) is 3.84. The third kappa shape index (κ3) is 3.89. The summed E-state index contributed by atoms with van der Waals surface area (Å²) in [5.41, 5.74) is 2.20. The SMILES string of the molecule is Fc1ccc(CN2C[C@H](OCc3cccnc3)[C@H]3OCCC[C@H]32)cc1. The zero-order valence-electron chi connectivity index (χ0n) is 14.2. The lowest BCUT2D eigenvalue weighted by molar-refractivity contribution is -0.0819. The number of rotatable bonds is 5. The Labute approximate surface area is 147 Å². The zero-order valence-corrected chi connectivity index (χ0v) is 14.2. The summed E-state index contributed by atoms with van der Waals surface area (Å²) >= 11 is 0. The summed E-state index contributed by atoms with van der Waals surface area (Å²) in [6, 6.07) is 11.1. The highest BCUT2D eigenvalue weighted by Gasteiger charge is 2.44. The van der Waals surface area contributed by atoms with Crippen molar-refractivity contribution < 1.29 is 13.9 Å². The molecule has 0 N–H and O–H groups in total. The minimum Gasteiger partial charge on any atom is -0.374 e. The van der Waals surface area contributed by atoms with Crippen LogP contribution in [0.2, 0.25) is 0 Å². The van der Waals surface area contributed by atoms with Crippen molar-refractivity contribution in [3.63, 3.8) is 0 Å². The summed E-state index contributed by atoms with van der Waals surface area (Å²) < 4.78 is 25.4. The second kappa shape index (κ2) is 7.60. The van der Waals surface area contributed by atoms with Crippen LogP contribution in [0.3, 0.4) is 0 Å². The van der Waals surface area contributed by atoms with Crippen molar-refractivity contribution in [3.8, 4) is 0 Å². The minimum absolute atomic E-state index is 0.0611. The molecule has 2 fully saturated rings. The van der Waals surface area contributed by atoms with Crippen LogP contribution in [-0.4, -0.2) is 41.3 Å². The van der Waals surface area contributed by atoms with Crippen molar-refractivity contribution in [2.24, 2.45) is 0 Å². The Kier molecular flexibility index (Phi) is 5.06. The lowest BCUT2D eigenvalue weighted by Gasteiger charge is -2.32. The normalized spacial score (nSPS) is 26.5. The van der Waals surface area contributed by atoms with Crippen LogP contribution in [0.5, 0.6) is 0 Å². The molecule has 0 bridgehead atoms. The van der Waals surface area contributed by atoms with Crippen LogP contribution < -0.4 is 0 Å². The highest BCUT2D eigenvalue weighted by atomic mass is 19.1. The Morgan fingerprint density at radius 1 is 1.20 bits per heavy atom. The molecule has 2 aromatic rings. The standard InChI is InChI=1S/C20H23FN2O2/c21-17-7-5-15(6-8-17)12-23-13-19(20-18(23)4-2-10-24-20)25-14-16-3-1-9-22-11-16/h1,3,5-9,11,18-20H,2,4,10,12-14H2/t18-,19+,20+/m1/s1. The summed E-state index contributed by atoms with van der Waals surface area (Å²) in [5, 5.41) is 0. The molecule has 0 aliphatic carbocycles. The molecule has 3 atom stereocenters. The molecule has 3 heterocycles. The number of hydrogen-bond donors (Lipinski definition) is 0. The molecular formula is C20H23FN2O2. The number of pyridine rings is 1. The van der Waals surface area contributed by atoms with Gasteiger partial charge < -0.3 is 9.47 Å². The van der Waals surface area contributed by atoms with E-state index >= 15 is 0 Å². The van der Waals surface area contributed by atoms with Gasteiger partial charge in [-0.05, 0) is 42.2 Å². The first kappa shape index (κ1) is 16.6. The van der Waals surface area contributed by atoms with E-state index in [2.05, 4.69) is 9.88 Å². The van der Waals surface area contributed by atoms with Crippen molar-refractivity contribution in [1.82, 2.24) is 9.88 Å². The first-order valence-electron chi connectivity index (χ1n) is 8.90. The van der Waals surface area contributed by atoms with Gasteiger partial charge in [0.1, 0.15) is 11.9 Å². The van der Waals surface area contributed by atoms with Crippen LogP contribution in [0.4, 0.5) is 4.39 Å². The molecule has 25 heavy (non-hydrogen) atoms. The molecule has 1 aromatic carbocycles. The molecule has 0 radical (unpaired) electrons. The van der Waals surface area contributed by atoms with E-state index in [1.165, 1.54) is 12.1 Å². The van der Waals surface area contributed by atoms with Gasteiger partial charge in [-0.3, -0.25) is 9.88 Å². The van der Waals surface area contributed by atoms with Gasteiger partial charge in [-0.2, -0.15) is 0 Å². The highest BCUT2D eigenvalue weighted by molar-refractivity contribution is 5.17. The molecule has 132 valence electrons. The van der Waals surface area contributed by atoms with E-state index in [-0.39, 0.29) is 18.0 Å². The number of likely N-dealkylation sites (tertiary alicyclic amines) is 1. The van der Waals surface area contributed by atoms with Crippen LogP contribution in [0, 0.1) is 5.82 Å². The first-order valence-corrected chi connectivity index (χ1v) is 8.90. The number of benzene rings is 1. The van der Waals surface area contributed by atoms with Crippen LogP contribution in [0.1, 0.15) is 24.0 Å². The summed E-state index contributed by atoms with van der Waals surface area (Å²) in [4.78, 5) is 6.56. The second-order valence-electron chi connectivity index (χ2n) is 6.81. The Bertz CT molecular complexity index is 680. The third-order valence-corrected chi connectivity index (χ3v) is 5.07. The average molecular weight is 342 g/mol. The first-order chi connectivity index (χ1) is 12.3. The van der Waals surface area contributed by atoms with Gasteiger partial charge in [0, 0.05) is 38.1 Å². The van der Waals surface area contributed by atoms with E-state index in [0.717, 1.165) is 43.7 Å². The summed E-state index contributed by atoms with van der Waals surface area (Å²) in [6.45, 7) is 3.00. The lowest BCUT2D eigenvalue weighted by Crippen LogP contribution is -2.41.